The van der Waals surface area contributed by atoms with E-state index in [1.54, 1.807) is 6.07 Å². The van der Waals surface area contributed by atoms with Crippen LogP contribution in [0.2, 0.25) is 0 Å². The third kappa shape index (κ3) is 3.14. The third-order valence-electron chi connectivity index (χ3n) is 4.08. The van der Waals surface area contributed by atoms with Crippen LogP contribution in [0, 0.1) is 0 Å². The van der Waals surface area contributed by atoms with E-state index >= 15 is 0 Å². The molecule has 0 heterocycles. The van der Waals surface area contributed by atoms with Gasteiger partial charge >= 0.3 is 5.97 Å². The molecule has 2 N–H and O–H groups in total. The van der Waals surface area contributed by atoms with E-state index in [0.29, 0.717) is 5.56 Å². The Morgan fingerprint density at radius 1 is 1.14 bits per heavy atom. The van der Waals surface area contributed by atoms with E-state index in [1.807, 2.05) is 36.4 Å². The van der Waals surface area contributed by atoms with Crippen LogP contribution >= 0.6 is 0 Å². The summed E-state index contributed by atoms with van der Waals surface area (Å²) in [5, 5.41) is 19.7. The minimum atomic E-state index is -1.11. The SMILES string of the molecule is CCCC(C)(C)c1cc(C(=O)O)c(O)c(-c2ccccc2)c1. The summed E-state index contributed by atoms with van der Waals surface area (Å²) in [6, 6.07) is 12.9. The van der Waals surface area contributed by atoms with Crippen molar-refractivity contribution in [3.8, 4) is 16.9 Å². The van der Waals surface area contributed by atoms with Crippen LogP contribution in [0.3, 0.4) is 0 Å². The van der Waals surface area contributed by atoms with Gasteiger partial charge in [0.2, 0.25) is 0 Å². The second-order valence-electron chi connectivity index (χ2n) is 6.23. The van der Waals surface area contributed by atoms with E-state index in [1.165, 1.54) is 0 Å². The van der Waals surface area contributed by atoms with E-state index < -0.39 is 5.97 Å². The van der Waals surface area contributed by atoms with Crippen LogP contribution in [0.1, 0.15) is 49.5 Å². The lowest BCUT2D eigenvalue weighted by Crippen LogP contribution is -2.17. The van der Waals surface area contributed by atoms with Gasteiger partial charge in [0.1, 0.15) is 11.3 Å². The Morgan fingerprint density at radius 2 is 1.77 bits per heavy atom. The van der Waals surface area contributed by atoms with Gasteiger partial charge in [-0.25, -0.2) is 4.79 Å². The molecule has 2 aromatic carbocycles. The molecule has 0 spiro atoms. The molecule has 0 aromatic heterocycles. The van der Waals surface area contributed by atoms with Crippen molar-refractivity contribution in [2.45, 2.75) is 39.0 Å². The molecule has 0 aliphatic rings. The molecule has 3 nitrogen and oxygen atoms in total. The number of hydrogen-bond donors (Lipinski definition) is 2. The molecule has 0 amide bonds. The van der Waals surface area contributed by atoms with Gasteiger partial charge < -0.3 is 10.2 Å². The number of carbonyl (C=O) groups is 1. The molecule has 0 saturated carbocycles. The van der Waals surface area contributed by atoms with E-state index in [9.17, 15) is 15.0 Å². The molecule has 0 saturated heterocycles. The van der Waals surface area contributed by atoms with Gasteiger partial charge in [0, 0.05) is 5.56 Å². The number of aromatic carboxylic acids is 1. The van der Waals surface area contributed by atoms with Crippen molar-refractivity contribution in [2.24, 2.45) is 0 Å². The molecule has 0 bridgehead atoms. The summed E-state index contributed by atoms with van der Waals surface area (Å²) in [5.41, 5.74) is 2.14. The number of benzene rings is 2. The average Bonchev–Trinajstić information content (AvgIpc) is 2.47. The molecular formula is C19H22O3. The predicted molar refractivity (Wildman–Crippen MR) is 88.4 cm³/mol. The number of carboxylic acids is 1. The Labute approximate surface area is 131 Å². The minimum Gasteiger partial charge on any atom is -0.506 e. The Balaban J connectivity index is 2.68. The van der Waals surface area contributed by atoms with Crippen molar-refractivity contribution in [3.05, 3.63) is 53.6 Å². The maximum Gasteiger partial charge on any atom is 0.339 e. The zero-order valence-electron chi connectivity index (χ0n) is 13.3. The summed E-state index contributed by atoms with van der Waals surface area (Å²) in [6.07, 6.45) is 1.96. The van der Waals surface area contributed by atoms with Gasteiger partial charge in [0.25, 0.3) is 0 Å². The van der Waals surface area contributed by atoms with Crippen LogP contribution in [-0.2, 0) is 5.41 Å². The van der Waals surface area contributed by atoms with Crippen molar-refractivity contribution >= 4 is 5.97 Å². The number of rotatable bonds is 5. The lowest BCUT2D eigenvalue weighted by atomic mass is 9.78. The van der Waals surface area contributed by atoms with Gasteiger partial charge in [-0.05, 0) is 35.1 Å². The Morgan fingerprint density at radius 3 is 2.32 bits per heavy atom. The molecule has 0 atom stereocenters. The highest BCUT2D eigenvalue weighted by Crippen LogP contribution is 2.38. The summed E-state index contributed by atoms with van der Waals surface area (Å²) in [5.74, 6) is -1.28. The Bertz CT molecular complexity index is 673. The zero-order valence-corrected chi connectivity index (χ0v) is 13.3. The first-order valence-corrected chi connectivity index (χ1v) is 7.53. The number of aromatic hydroxyl groups is 1. The summed E-state index contributed by atoms with van der Waals surface area (Å²) >= 11 is 0. The van der Waals surface area contributed by atoms with Crippen LogP contribution in [0.25, 0.3) is 11.1 Å². The fourth-order valence-electron chi connectivity index (χ4n) is 2.80. The summed E-state index contributed by atoms with van der Waals surface area (Å²) < 4.78 is 0. The van der Waals surface area contributed by atoms with Crippen molar-refractivity contribution in [2.75, 3.05) is 0 Å². The summed E-state index contributed by atoms with van der Waals surface area (Å²) in [6.45, 7) is 6.31. The molecule has 0 radical (unpaired) electrons. The topological polar surface area (TPSA) is 57.5 Å². The smallest absolute Gasteiger partial charge is 0.339 e. The number of phenols is 1. The normalized spacial score (nSPS) is 11.4. The van der Waals surface area contributed by atoms with E-state index in [2.05, 4.69) is 20.8 Å². The highest BCUT2D eigenvalue weighted by Gasteiger charge is 2.25. The molecule has 0 fully saturated rings. The van der Waals surface area contributed by atoms with Crippen LogP contribution < -0.4 is 0 Å². The maximum absolute atomic E-state index is 11.5. The van der Waals surface area contributed by atoms with Gasteiger partial charge in [0.15, 0.2) is 0 Å². The van der Waals surface area contributed by atoms with Crippen molar-refractivity contribution in [3.63, 3.8) is 0 Å². The second kappa shape index (κ2) is 6.22. The van der Waals surface area contributed by atoms with Crippen molar-refractivity contribution < 1.29 is 15.0 Å². The van der Waals surface area contributed by atoms with Crippen LogP contribution in [0.15, 0.2) is 42.5 Å². The average molecular weight is 298 g/mol. The monoisotopic (exact) mass is 298 g/mol. The number of carboxylic acid groups (broad SMARTS) is 1. The van der Waals surface area contributed by atoms with Gasteiger partial charge in [-0.2, -0.15) is 0 Å². The van der Waals surface area contributed by atoms with E-state index in [0.717, 1.165) is 24.0 Å². The van der Waals surface area contributed by atoms with E-state index in [4.69, 9.17) is 0 Å². The number of hydrogen-bond acceptors (Lipinski definition) is 2. The predicted octanol–water partition coefficient (Wildman–Crippen LogP) is 4.84. The van der Waals surface area contributed by atoms with E-state index in [-0.39, 0.29) is 16.7 Å². The molecule has 2 aromatic rings. The Hall–Kier alpha value is -2.29. The third-order valence-corrected chi connectivity index (χ3v) is 4.08. The Kier molecular flexibility index (Phi) is 4.55. The molecule has 22 heavy (non-hydrogen) atoms. The lowest BCUT2D eigenvalue weighted by Gasteiger charge is -2.26. The lowest BCUT2D eigenvalue weighted by molar-refractivity contribution is 0.0693. The zero-order chi connectivity index (χ0) is 16.3. The first-order valence-electron chi connectivity index (χ1n) is 7.53. The summed E-state index contributed by atoms with van der Waals surface area (Å²) in [4.78, 5) is 11.5. The molecule has 116 valence electrons. The summed E-state index contributed by atoms with van der Waals surface area (Å²) in [7, 11) is 0. The quantitative estimate of drug-likeness (QED) is 0.830. The molecule has 0 unspecified atom stereocenters. The highest BCUT2D eigenvalue weighted by molar-refractivity contribution is 5.94. The fraction of sp³-hybridized carbons (Fsp3) is 0.316. The standard InChI is InChI=1S/C19H22O3/c1-4-10-19(2,3)14-11-15(13-8-6-5-7-9-13)17(20)16(12-14)18(21)22/h5-9,11-12,20H,4,10H2,1-3H3,(H,21,22). The maximum atomic E-state index is 11.5. The minimum absolute atomic E-state index is 0.0412. The molecule has 0 aliphatic heterocycles. The molecule has 3 heteroatoms. The van der Waals surface area contributed by atoms with Crippen molar-refractivity contribution in [1.82, 2.24) is 0 Å². The van der Waals surface area contributed by atoms with Crippen molar-refractivity contribution in [1.29, 1.82) is 0 Å². The van der Waals surface area contributed by atoms with Crippen LogP contribution in [0.5, 0.6) is 5.75 Å². The molecular weight excluding hydrogens is 276 g/mol. The van der Waals surface area contributed by atoms with Gasteiger partial charge in [-0.3, -0.25) is 0 Å². The highest BCUT2D eigenvalue weighted by atomic mass is 16.4. The molecule has 0 aliphatic carbocycles. The van der Waals surface area contributed by atoms with Gasteiger partial charge in [-0.1, -0.05) is 57.5 Å². The largest absolute Gasteiger partial charge is 0.506 e. The second-order valence-corrected chi connectivity index (χ2v) is 6.23. The van der Waals surface area contributed by atoms with Crippen LogP contribution in [-0.4, -0.2) is 16.2 Å². The molecule has 2 rings (SSSR count). The first kappa shape index (κ1) is 16.1. The van der Waals surface area contributed by atoms with Crippen LogP contribution in [0.4, 0.5) is 0 Å². The fourth-order valence-corrected chi connectivity index (χ4v) is 2.80. The van der Waals surface area contributed by atoms with Gasteiger partial charge in [-0.15, -0.1) is 0 Å². The first-order chi connectivity index (χ1) is 10.4. The van der Waals surface area contributed by atoms with Gasteiger partial charge in [0.05, 0.1) is 0 Å².